The van der Waals surface area contributed by atoms with Crippen LogP contribution in [0.2, 0.25) is 0 Å². The number of nitrogens with zero attached hydrogens (tertiary/aromatic N) is 6. The van der Waals surface area contributed by atoms with Gasteiger partial charge in [-0.25, -0.2) is 29.9 Å². The van der Waals surface area contributed by atoms with Gasteiger partial charge in [-0.2, -0.15) is 0 Å². The van der Waals surface area contributed by atoms with Gasteiger partial charge in [0.1, 0.15) is 0 Å². The number of aromatic nitrogens is 6. The Labute approximate surface area is 369 Å². The van der Waals surface area contributed by atoms with E-state index in [4.69, 9.17) is 29.9 Å². The van der Waals surface area contributed by atoms with Crippen LogP contribution in [0.1, 0.15) is 0 Å². The number of hydrogen-bond donors (Lipinski definition) is 0. The molecule has 0 radical (unpaired) electrons. The predicted molar refractivity (Wildman–Crippen MR) is 261 cm³/mol. The predicted octanol–water partition coefficient (Wildman–Crippen LogP) is 14.3. The Morgan fingerprint density at radius 1 is 0.188 bits per heavy atom. The Morgan fingerprint density at radius 3 is 0.766 bits per heavy atom. The average Bonchev–Trinajstić information content (AvgIpc) is 3.37. The summed E-state index contributed by atoms with van der Waals surface area (Å²) in [4.78, 5) is 30.8. The molecule has 0 unspecified atom stereocenters. The van der Waals surface area contributed by atoms with Crippen molar-refractivity contribution < 1.29 is 0 Å². The first-order valence-corrected chi connectivity index (χ1v) is 21.4. The van der Waals surface area contributed by atoms with Crippen molar-refractivity contribution in [2.75, 3.05) is 0 Å². The number of rotatable bonds is 7. The molecule has 2 aromatic heterocycles. The molecule has 0 spiro atoms. The summed E-state index contributed by atoms with van der Waals surface area (Å²) in [5.74, 6) is 2.78. The molecule has 12 rings (SSSR count). The van der Waals surface area contributed by atoms with E-state index in [1.54, 1.807) is 0 Å². The van der Waals surface area contributed by atoms with Gasteiger partial charge in [-0.05, 0) is 95.7 Å². The third-order valence-electron chi connectivity index (χ3n) is 11.9. The Balaban J connectivity index is 1.17. The third kappa shape index (κ3) is 6.71. The van der Waals surface area contributed by atoms with Crippen LogP contribution in [0.15, 0.2) is 218 Å². The molecule has 0 fully saturated rings. The lowest BCUT2D eigenvalue weighted by Crippen LogP contribution is -2.05. The zero-order chi connectivity index (χ0) is 42.4. The van der Waals surface area contributed by atoms with Crippen molar-refractivity contribution in [3.05, 3.63) is 218 Å². The summed E-state index contributed by atoms with van der Waals surface area (Å²) in [5, 5.41) is 9.36. The summed E-state index contributed by atoms with van der Waals surface area (Å²) in [6, 6.07) is 75.9. The second kappa shape index (κ2) is 15.6. The van der Waals surface area contributed by atoms with E-state index in [-0.39, 0.29) is 0 Å². The summed E-state index contributed by atoms with van der Waals surface area (Å²) in [6.45, 7) is 0. The Hall–Kier alpha value is -8.74. The lowest BCUT2D eigenvalue weighted by atomic mass is 9.87. The van der Waals surface area contributed by atoms with Crippen molar-refractivity contribution >= 4 is 43.1 Å². The van der Waals surface area contributed by atoms with Crippen LogP contribution >= 0.6 is 0 Å². The molecule has 0 aliphatic heterocycles. The molecule has 0 atom stereocenters. The minimum atomic E-state index is 0.346. The smallest absolute Gasteiger partial charge is 0.202 e. The van der Waals surface area contributed by atoms with Gasteiger partial charge >= 0.3 is 0 Å². The Morgan fingerprint density at radius 2 is 0.438 bits per heavy atom. The molecule has 0 bridgehead atoms. The van der Waals surface area contributed by atoms with Gasteiger partial charge in [-0.3, -0.25) is 0 Å². The quantitative estimate of drug-likeness (QED) is 0.149. The monoisotopic (exact) mass is 816 g/mol. The van der Waals surface area contributed by atoms with Gasteiger partial charge in [0, 0.05) is 22.3 Å². The van der Waals surface area contributed by atoms with Gasteiger partial charge in [0.25, 0.3) is 0 Å². The molecule has 0 N–H and O–H groups in total. The maximum absolute atomic E-state index is 5.31. The van der Waals surface area contributed by atoms with E-state index in [0.717, 1.165) is 44.5 Å². The molecule has 2 heterocycles. The van der Waals surface area contributed by atoms with Gasteiger partial charge in [0.2, 0.25) is 11.6 Å². The van der Waals surface area contributed by atoms with Crippen LogP contribution in [0, 0.1) is 0 Å². The highest BCUT2D eigenvalue weighted by Gasteiger charge is 2.21. The van der Waals surface area contributed by atoms with Gasteiger partial charge < -0.3 is 0 Å². The highest BCUT2D eigenvalue weighted by molar-refractivity contribution is 6.16. The molecule has 0 amide bonds. The molecule has 0 saturated heterocycles. The first-order chi connectivity index (χ1) is 31.7. The number of hydrogen-bond acceptors (Lipinski definition) is 6. The fourth-order valence-electron chi connectivity index (χ4n) is 8.92. The van der Waals surface area contributed by atoms with E-state index in [9.17, 15) is 0 Å². The maximum Gasteiger partial charge on any atom is 0.202 e. The van der Waals surface area contributed by atoms with E-state index in [1.165, 1.54) is 43.1 Å². The number of fused-ring (bicyclic) bond motifs is 4. The summed E-state index contributed by atoms with van der Waals surface area (Å²) in [7, 11) is 0. The zero-order valence-electron chi connectivity index (χ0n) is 34.5. The second-order valence-electron chi connectivity index (χ2n) is 15.9. The summed E-state index contributed by atoms with van der Waals surface area (Å²) in [6.07, 6.45) is 0. The minimum Gasteiger partial charge on any atom is -0.208 e. The standard InChI is InChI=1S/C58H36N6/c1-4-18-37(19-5-1)53-59-54(38-20-6-2-7-21-38)62-57(61-53)58-63-55(39-22-8-3-9-23-39)60-56(64-58)46-35-44(51-47-28-14-10-24-40(47)32-41-25-11-15-29-48(41)51)34-45(36-46)52-49-30-16-12-26-42(49)33-43-27-13-17-31-50(43)52/h1-36H. The van der Waals surface area contributed by atoms with E-state index in [2.05, 4.69) is 127 Å². The minimum absolute atomic E-state index is 0.346. The van der Waals surface area contributed by atoms with Crippen molar-refractivity contribution in [2.24, 2.45) is 0 Å². The third-order valence-corrected chi connectivity index (χ3v) is 11.9. The first kappa shape index (κ1) is 37.1. The van der Waals surface area contributed by atoms with Crippen molar-refractivity contribution in [3.8, 4) is 79.5 Å². The zero-order valence-corrected chi connectivity index (χ0v) is 34.5. The molecule has 64 heavy (non-hydrogen) atoms. The highest BCUT2D eigenvalue weighted by atomic mass is 15.1. The molecule has 298 valence electrons. The molecular formula is C58H36N6. The van der Waals surface area contributed by atoms with Crippen LogP contribution in [0.25, 0.3) is 123 Å². The van der Waals surface area contributed by atoms with Crippen molar-refractivity contribution in [1.82, 2.24) is 29.9 Å². The Bertz CT molecular complexity index is 3420. The van der Waals surface area contributed by atoms with Gasteiger partial charge in [0.05, 0.1) is 0 Å². The summed E-state index contributed by atoms with van der Waals surface area (Å²) in [5.41, 5.74) is 7.82. The van der Waals surface area contributed by atoms with Crippen LogP contribution in [0.3, 0.4) is 0 Å². The van der Waals surface area contributed by atoms with Crippen molar-refractivity contribution in [3.63, 3.8) is 0 Å². The van der Waals surface area contributed by atoms with Gasteiger partial charge in [-0.1, -0.05) is 188 Å². The van der Waals surface area contributed by atoms with E-state index < -0.39 is 0 Å². The van der Waals surface area contributed by atoms with Gasteiger partial charge in [0.15, 0.2) is 23.3 Å². The van der Waals surface area contributed by atoms with Crippen LogP contribution in [0.4, 0.5) is 0 Å². The molecule has 12 aromatic rings. The normalized spacial score (nSPS) is 11.4. The molecule has 6 heteroatoms. The fourth-order valence-corrected chi connectivity index (χ4v) is 8.92. The van der Waals surface area contributed by atoms with Gasteiger partial charge in [-0.15, -0.1) is 0 Å². The Kier molecular flexibility index (Phi) is 9.05. The largest absolute Gasteiger partial charge is 0.208 e. The molecular weight excluding hydrogens is 781 g/mol. The van der Waals surface area contributed by atoms with Crippen molar-refractivity contribution in [1.29, 1.82) is 0 Å². The fraction of sp³-hybridized carbons (Fsp3) is 0. The topological polar surface area (TPSA) is 77.3 Å². The molecule has 0 aliphatic rings. The second-order valence-corrected chi connectivity index (χ2v) is 15.9. The lowest BCUT2D eigenvalue weighted by Gasteiger charge is -2.18. The molecule has 0 aliphatic carbocycles. The van der Waals surface area contributed by atoms with Crippen LogP contribution in [0.5, 0.6) is 0 Å². The van der Waals surface area contributed by atoms with Crippen molar-refractivity contribution in [2.45, 2.75) is 0 Å². The lowest BCUT2D eigenvalue weighted by molar-refractivity contribution is 1.00. The maximum atomic E-state index is 5.31. The van der Waals surface area contributed by atoms with E-state index >= 15 is 0 Å². The first-order valence-electron chi connectivity index (χ1n) is 21.4. The molecule has 10 aromatic carbocycles. The SMILES string of the molecule is c1ccc(-c2nc(-c3ccccc3)nc(-c3nc(-c4ccccc4)nc(-c4cc(-c5c6ccccc6cc6ccccc56)cc(-c5c6ccccc6cc6ccccc56)c4)n3)n2)cc1. The molecule has 0 saturated carbocycles. The van der Waals surface area contributed by atoms with E-state index in [1.807, 2.05) is 91.0 Å². The summed E-state index contributed by atoms with van der Waals surface area (Å²) < 4.78 is 0. The highest BCUT2D eigenvalue weighted by Crippen LogP contribution is 2.43. The van der Waals surface area contributed by atoms with Crippen LogP contribution < -0.4 is 0 Å². The average molecular weight is 817 g/mol. The van der Waals surface area contributed by atoms with Crippen LogP contribution in [-0.4, -0.2) is 29.9 Å². The number of benzene rings is 10. The summed E-state index contributed by atoms with van der Waals surface area (Å²) >= 11 is 0. The van der Waals surface area contributed by atoms with E-state index in [0.29, 0.717) is 34.9 Å². The van der Waals surface area contributed by atoms with Crippen LogP contribution in [-0.2, 0) is 0 Å². The molecule has 6 nitrogen and oxygen atoms in total.